The lowest BCUT2D eigenvalue weighted by molar-refractivity contribution is -0.148. The molecular weight excluding hydrogens is 1180 g/mol. The van der Waals surface area contributed by atoms with Crippen molar-refractivity contribution in [3.05, 3.63) is 144 Å². The highest BCUT2D eigenvalue weighted by atomic mass is 35.5. The van der Waals surface area contributed by atoms with Crippen molar-refractivity contribution in [1.29, 1.82) is 5.41 Å². The molecule has 5 atom stereocenters. The Hall–Kier alpha value is -5.04. The van der Waals surface area contributed by atoms with Crippen molar-refractivity contribution in [1.82, 2.24) is 0 Å². The van der Waals surface area contributed by atoms with Gasteiger partial charge in [0.05, 0.1) is 48.2 Å². The van der Waals surface area contributed by atoms with Gasteiger partial charge >= 0.3 is 29.8 Å². The standard InChI is InChI=1S/2C13H15NO2S.C12H13NO2S.C9H11NO.C5H11NO2S.C4H9NO2S.CH4.2ClH/c2*1-3-16-12(15)13(2)9-17-11(14-13)10-7-5-4-6-8-10;1-2-15-12(14)10-8-16-11(13-10)9-6-4-3-5-7-9;1-2-11-9(10)8-6-4-3-5-7-8;1-2-8-5(7)4(6)3-9;1-4(5,2-8)3(6)7;;;/h2*4-8H,3,9H2,1-2H3;3-7,10H,2,8H2,1H3;3-7,10H,2H2,1H3;4,9H,2-3,6H2,1H3;8H,2,5H2,1H3,(H,6,7);1H4;2*1H/t13-;;10-;;2*4-;;;/m0.1.10.../s1. The van der Waals surface area contributed by atoms with Gasteiger partial charge in [0.1, 0.15) is 11.6 Å². The van der Waals surface area contributed by atoms with Crippen LogP contribution in [0.15, 0.2) is 136 Å². The van der Waals surface area contributed by atoms with Crippen molar-refractivity contribution in [2.45, 2.75) is 91.5 Å². The third-order valence-corrected chi connectivity index (χ3v) is 15.1. The molecule has 0 saturated heterocycles. The zero-order valence-corrected chi connectivity index (χ0v) is 52.1. The Bertz CT molecular complexity index is 2510. The van der Waals surface area contributed by atoms with E-state index in [4.69, 9.17) is 40.9 Å². The number of carboxylic acid groups (broad SMARTS) is 1. The van der Waals surface area contributed by atoms with Crippen molar-refractivity contribution in [3.8, 4) is 0 Å². The number of carbonyl (C=O) groups excluding carboxylic acids is 4. The summed E-state index contributed by atoms with van der Waals surface area (Å²) in [5, 5.41) is 18.4. The quantitative estimate of drug-likeness (QED) is 0.0200. The zero-order valence-electron chi connectivity index (χ0n) is 46.2. The summed E-state index contributed by atoms with van der Waals surface area (Å²) >= 11 is 12.4. The Labute approximate surface area is 514 Å². The van der Waals surface area contributed by atoms with Gasteiger partial charge in [-0.2, -0.15) is 25.3 Å². The van der Waals surface area contributed by atoms with Crippen LogP contribution in [0.25, 0.3) is 0 Å². The van der Waals surface area contributed by atoms with Crippen LogP contribution >= 0.6 is 85.4 Å². The van der Waals surface area contributed by atoms with Gasteiger partial charge in [-0.3, -0.25) is 30.0 Å². The number of hydrogen-bond acceptors (Lipinski definition) is 21. The molecule has 3 heterocycles. The van der Waals surface area contributed by atoms with Crippen LogP contribution in [0, 0.1) is 5.41 Å². The molecule has 448 valence electrons. The lowest BCUT2D eigenvalue weighted by Gasteiger charge is -2.16. The first-order valence-corrected chi connectivity index (χ1v) is 29.2. The number of carbonyl (C=O) groups is 5. The average molecular weight is 1260 g/mol. The Morgan fingerprint density at radius 2 is 1.01 bits per heavy atom. The van der Waals surface area contributed by atoms with Crippen molar-refractivity contribution in [3.63, 3.8) is 0 Å². The lowest BCUT2D eigenvalue weighted by Crippen LogP contribution is -2.46. The molecule has 0 amide bonds. The summed E-state index contributed by atoms with van der Waals surface area (Å²) in [5.41, 5.74) is 11.8. The molecule has 0 radical (unpaired) electrons. The van der Waals surface area contributed by atoms with Gasteiger partial charge in [0.2, 0.25) is 5.90 Å². The molecule has 24 heteroatoms. The second-order valence-corrected chi connectivity index (χ2v) is 20.7. The van der Waals surface area contributed by atoms with Gasteiger partial charge in [-0.05, 0) is 67.5 Å². The van der Waals surface area contributed by atoms with Gasteiger partial charge < -0.3 is 40.3 Å². The van der Waals surface area contributed by atoms with Crippen LogP contribution < -0.4 is 11.5 Å². The van der Waals surface area contributed by atoms with Crippen LogP contribution in [-0.2, 0) is 47.7 Å². The number of carboxylic acids is 1. The van der Waals surface area contributed by atoms with E-state index in [0.29, 0.717) is 56.0 Å². The summed E-state index contributed by atoms with van der Waals surface area (Å²) in [6, 6.07) is 38.2. The highest BCUT2D eigenvalue weighted by molar-refractivity contribution is 8.15. The molecule has 1 unspecified atom stereocenters. The fraction of sp³-hybridized carbons (Fsp3) is 0.421. The summed E-state index contributed by atoms with van der Waals surface area (Å²) in [5.74, 6) is 0.613. The van der Waals surface area contributed by atoms with E-state index in [0.717, 1.165) is 37.4 Å². The number of rotatable bonds is 16. The normalized spacial score (nSPS) is 18.0. The zero-order chi connectivity index (χ0) is 58.2. The Morgan fingerprint density at radius 3 is 1.35 bits per heavy atom. The number of nitrogens with two attached hydrogens (primary N) is 2. The van der Waals surface area contributed by atoms with Crippen molar-refractivity contribution in [2.24, 2.45) is 26.4 Å². The maximum absolute atomic E-state index is 11.8. The molecule has 0 aromatic heterocycles. The fourth-order valence-electron chi connectivity index (χ4n) is 5.92. The average Bonchev–Trinajstić information content (AvgIpc) is 4.23. The second-order valence-electron chi connectivity index (χ2n) is 17.1. The van der Waals surface area contributed by atoms with Gasteiger partial charge in [-0.1, -0.05) is 117 Å². The van der Waals surface area contributed by atoms with E-state index < -0.39 is 28.6 Å². The highest BCUT2D eigenvalue weighted by Gasteiger charge is 2.41. The van der Waals surface area contributed by atoms with E-state index in [-0.39, 0.29) is 73.8 Å². The second kappa shape index (κ2) is 41.9. The predicted molar refractivity (Wildman–Crippen MR) is 345 cm³/mol. The molecule has 4 aromatic rings. The number of thioether (sulfide) groups is 3. The molecule has 81 heavy (non-hydrogen) atoms. The molecule has 3 aliphatic rings. The fourth-order valence-corrected chi connectivity index (χ4v) is 9.57. The van der Waals surface area contributed by atoms with Crippen LogP contribution in [0.1, 0.15) is 85.1 Å². The van der Waals surface area contributed by atoms with Crippen LogP contribution in [0.5, 0.6) is 0 Å². The van der Waals surface area contributed by atoms with E-state index in [2.05, 4.69) is 45.0 Å². The third-order valence-electron chi connectivity index (χ3n) is 10.3. The molecule has 3 aliphatic heterocycles. The third kappa shape index (κ3) is 27.7. The molecule has 0 bridgehead atoms. The number of aliphatic carboxylic acids is 1. The van der Waals surface area contributed by atoms with Gasteiger partial charge in [0, 0.05) is 51.0 Å². The van der Waals surface area contributed by atoms with Gasteiger partial charge in [-0.15, -0.1) is 60.1 Å². The lowest BCUT2D eigenvalue weighted by atomic mass is 10.1. The van der Waals surface area contributed by atoms with E-state index >= 15 is 0 Å². The molecule has 6 N–H and O–H groups in total. The van der Waals surface area contributed by atoms with Crippen LogP contribution in [0.3, 0.4) is 0 Å². The van der Waals surface area contributed by atoms with E-state index in [9.17, 15) is 24.0 Å². The molecule has 0 saturated carbocycles. The largest absolute Gasteiger partial charge is 0.480 e. The number of nitrogens with zero attached hydrogens (tertiary/aromatic N) is 3. The predicted octanol–water partition coefficient (Wildman–Crippen LogP) is 10.2. The van der Waals surface area contributed by atoms with Gasteiger partial charge in [0.25, 0.3) is 0 Å². The first kappa shape index (κ1) is 78.0. The first-order valence-electron chi connectivity index (χ1n) is 25.0. The summed E-state index contributed by atoms with van der Waals surface area (Å²) < 4.78 is 24.7. The van der Waals surface area contributed by atoms with Crippen LogP contribution in [0.2, 0.25) is 0 Å². The number of thiol groups is 2. The summed E-state index contributed by atoms with van der Waals surface area (Å²) in [6.45, 7) is 16.2. The number of halogens is 2. The summed E-state index contributed by atoms with van der Waals surface area (Å²) in [4.78, 5) is 69.1. The number of benzene rings is 4. The minimum absolute atomic E-state index is 0. The number of nitrogens with one attached hydrogen (secondary N) is 1. The summed E-state index contributed by atoms with van der Waals surface area (Å²) in [6.07, 6.45) is 0. The topological polar surface area (TPSA) is 265 Å². The number of ether oxygens (including phenoxy) is 5. The Morgan fingerprint density at radius 1 is 0.642 bits per heavy atom. The monoisotopic (exact) mass is 1250 g/mol. The van der Waals surface area contributed by atoms with Crippen molar-refractivity contribution < 1.29 is 52.8 Å². The molecule has 0 aliphatic carbocycles. The maximum Gasteiger partial charge on any atom is 0.334 e. The van der Waals surface area contributed by atoms with Crippen LogP contribution in [-0.4, -0.2) is 146 Å². The molecule has 4 aromatic carbocycles. The number of esters is 4. The maximum atomic E-state index is 11.8. The Balaban J connectivity index is 0. The number of aliphatic imine (C=N–C) groups is 3. The van der Waals surface area contributed by atoms with Gasteiger partial charge in [-0.25, -0.2) is 14.4 Å². The van der Waals surface area contributed by atoms with E-state index in [1.165, 1.54) is 6.92 Å². The van der Waals surface area contributed by atoms with E-state index in [1.54, 1.807) is 42.2 Å². The minimum Gasteiger partial charge on any atom is -0.480 e. The molecule has 17 nitrogen and oxygen atoms in total. The molecule has 7 rings (SSSR count). The van der Waals surface area contributed by atoms with E-state index in [1.807, 2.05) is 163 Å². The smallest absolute Gasteiger partial charge is 0.334 e. The molecule has 0 fully saturated rings. The van der Waals surface area contributed by atoms with Crippen molar-refractivity contribution in [2.75, 3.05) is 61.8 Å². The number of hydrogen-bond donors (Lipinski definition) is 6. The minimum atomic E-state index is -1.18. The van der Waals surface area contributed by atoms with Crippen molar-refractivity contribution >= 4 is 136 Å². The molecule has 0 spiro atoms. The Kier molecular flexibility index (Phi) is 40.3. The molecular formula is C57H80Cl2N6O11S5. The first-order chi connectivity index (χ1) is 37.2. The van der Waals surface area contributed by atoms with Crippen LogP contribution in [0.4, 0.5) is 0 Å². The SMILES string of the molecule is C.CCOC(=N)c1ccccc1.CCOC(=O)C1(C)CSC(c2ccccc2)=N1.CCOC(=O)[C@H](N)CS.CCOC(=O)[C@H]1CSC(c2ccccc2)=N1.CCOC(=O)[C@]1(C)CSC(c2ccccc2)=N1.C[C@](N)(CS)C(=O)O.Cl.Cl. The van der Waals surface area contributed by atoms with Gasteiger partial charge in [0.15, 0.2) is 17.1 Å². The highest BCUT2D eigenvalue weighted by Crippen LogP contribution is 2.33. The summed E-state index contributed by atoms with van der Waals surface area (Å²) in [7, 11) is 0.